The maximum absolute atomic E-state index is 12.9. The molecule has 6 heteroatoms. The summed E-state index contributed by atoms with van der Waals surface area (Å²) in [4.78, 5) is 39.5. The molecule has 0 aliphatic carbocycles. The number of benzene rings is 3. The fourth-order valence-corrected chi connectivity index (χ4v) is 3.47. The molecule has 5 nitrogen and oxygen atoms in total. The first-order valence-corrected chi connectivity index (χ1v) is 9.40. The third-order valence-corrected chi connectivity index (χ3v) is 5.34. The zero-order valence-electron chi connectivity index (χ0n) is 15.8. The van der Waals surface area contributed by atoms with Crippen LogP contribution < -0.4 is 10.2 Å². The van der Waals surface area contributed by atoms with Crippen LogP contribution in [-0.2, 0) is 0 Å². The number of halogens is 1. The normalized spacial score (nSPS) is 12.9. The molecular formula is C23H17ClN2O3. The number of nitrogens with one attached hydrogen (secondary N) is 1. The molecule has 0 bridgehead atoms. The Hall–Kier alpha value is -3.44. The summed E-state index contributed by atoms with van der Waals surface area (Å²) in [5.74, 6) is -1.22. The number of anilines is 2. The van der Waals surface area contributed by atoms with Gasteiger partial charge in [0.05, 0.1) is 16.8 Å². The van der Waals surface area contributed by atoms with E-state index in [9.17, 15) is 14.4 Å². The van der Waals surface area contributed by atoms with Crippen LogP contribution in [0, 0.1) is 13.8 Å². The second kappa shape index (κ2) is 7.18. The van der Waals surface area contributed by atoms with Crippen LogP contribution in [0.5, 0.6) is 0 Å². The van der Waals surface area contributed by atoms with Crippen molar-refractivity contribution in [1.82, 2.24) is 0 Å². The van der Waals surface area contributed by atoms with E-state index in [2.05, 4.69) is 5.32 Å². The second-order valence-electron chi connectivity index (χ2n) is 6.91. The highest BCUT2D eigenvalue weighted by molar-refractivity contribution is 6.35. The molecule has 0 atom stereocenters. The van der Waals surface area contributed by atoms with Crippen molar-refractivity contribution < 1.29 is 14.4 Å². The molecule has 1 N–H and O–H groups in total. The molecule has 3 aromatic rings. The summed E-state index contributed by atoms with van der Waals surface area (Å²) in [5, 5.41) is 3.31. The second-order valence-corrected chi connectivity index (χ2v) is 7.32. The Bertz CT molecular complexity index is 1190. The van der Waals surface area contributed by atoms with Gasteiger partial charge in [-0.1, -0.05) is 35.9 Å². The standard InChI is InChI=1S/C23H17ClN2O3/c1-13-7-9-16(12-19(13)24)25-21(27)15-8-10-17-18(11-15)23(29)26(22(17)28)20-6-4-3-5-14(20)2/h3-12H,1-2H3,(H,25,27). The lowest BCUT2D eigenvalue weighted by molar-refractivity contribution is 0.0925. The van der Waals surface area contributed by atoms with Gasteiger partial charge >= 0.3 is 0 Å². The van der Waals surface area contributed by atoms with Crippen molar-refractivity contribution in [2.75, 3.05) is 10.2 Å². The van der Waals surface area contributed by atoms with E-state index in [-0.39, 0.29) is 22.6 Å². The van der Waals surface area contributed by atoms with Crippen molar-refractivity contribution in [3.8, 4) is 0 Å². The average Bonchev–Trinajstić information content (AvgIpc) is 2.95. The van der Waals surface area contributed by atoms with Crippen molar-refractivity contribution in [2.45, 2.75) is 13.8 Å². The van der Waals surface area contributed by atoms with Gasteiger partial charge in [-0.15, -0.1) is 0 Å². The lowest BCUT2D eigenvalue weighted by Crippen LogP contribution is -2.29. The molecule has 1 aliphatic rings. The minimum Gasteiger partial charge on any atom is -0.322 e. The van der Waals surface area contributed by atoms with Crippen LogP contribution in [0.15, 0.2) is 60.7 Å². The molecule has 0 fully saturated rings. The number of amides is 3. The van der Waals surface area contributed by atoms with E-state index in [0.29, 0.717) is 16.4 Å². The smallest absolute Gasteiger partial charge is 0.266 e. The summed E-state index contributed by atoms with van der Waals surface area (Å²) in [6, 6.07) is 16.9. The van der Waals surface area contributed by atoms with Crippen molar-refractivity contribution in [3.05, 3.63) is 93.5 Å². The van der Waals surface area contributed by atoms with Crippen molar-refractivity contribution in [2.24, 2.45) is 0 Å². The Morgan fingerprint density at radius 3 is 2.31 bits per heavy atom. The van der Waals surface area contributed by atoms with Crippen LogP contribution in [0.4, 0.5) is 11.4 Å². The van der Waals surface area contributed by atoms with Gasteiger partial charge in [0.1, 0.15) is 0 Å². The highest BCUT2D eigenvalue weighted by Crippen LogP contribution is 2.31. The number of rotatable bonds is 3. The number of hydrogen-bond acceptors (Lipinski definition) is 3. The van der Waals surface area contributed by atoms with E-state index < -0.39 is 11.8 Å². The molecule has 4 rings (SSSR count). The summed E-state index contributed by atoms with van der Waals surface area (Å²) in [5.41, 5.74) is 3.60. The van der Waals surface area contributed by atoms with Gasteiger partial charge in [-0.25, -0.2) is 4.90 Å². The first kappa shape index (κ1) is 18.9. The van der Waals surface area contributed by atoms with Crippen LogP contribution in [0.2, 0.25) is 5.02 Å². The maximum atomic E-state index is 12.9. The molecule has 29 heavy (non-hydrogen) atoms. The molecule has 1 heterocycles. The fraction of sp³-hybridized carbons (Fsp3) is 0.0870. The Morgan fingerprint density at radius 1 is 0.862 bits per heavy atom. The van der Waals surface area contributed by atoms with Crippen LogP contribution in [-0.4, -0.2) is 17.7 Å². The van der Waals surface area contributed by atoms with Crippen molar-refractivity contribution in [1.29, 1.82) is 0 Å². The highest BCUT2D eigenvalue weighted by Gasteiger charge is 2.37. The fourth-order valence-electron chi connectivity index (χ4n) is 3.29. The molecular weight excluding hydrogens is 388 g/mol. The van der Waals surface area contributed by atoms with Gasteiger partial charge in [0.25, 0.3) is 17.7 Å². The number of carbonyl (C=O) groups excluding carboxylic acids is 3. The lowest BCUT2D eigenvalue weighted by atomic mass is 10.1. The lowest BCUT2D eigenvalue weighted by Gasteiger charge is -2.16. The largest absolute Gasteiger partial charge is 0.322 e. The predicted octanol–water partition coefficient (Wildman–Crippen LogP) is 5.01. The first-order chi connectivity index (χ1) is 13.9. The first-order valence-electron chi connectivity index (χ1n) is 9.03. The molecule has 3 amide bonds. The molecule has 144 valence electrons. The molecule has 0 radical (unpaired) electrons. The van der Waals surface area contributed by atoms with E-state index in [4.69, 9.17) is 11.6 Å². The summed E-state index contributed by atoms with van der Waals surface area (Å²) < 4.78 is 0. The number of para-hydroxylation sites is 1. The van der Waals surface area contributed by atoms with Gasteiger partial charge in [0.15, 0.2) is 0 Å². The number of aryl methyl sites for hydroxylation is 2. The van der Waals surface area contributed by atoms with Gasteiger partial charge in [0, 0.05) is 16.3 Å². The molecule has 0 unspecified atom stereocenters. The van der Waals surface area contributed by atoms with Gasteiger partial charge in [0.2, 0.25) is 0 Å². The van der Waals surface area contributed by atoms with Gasteiger partial charge in [-0.2, -0.15) is 0 Å². The average molecular weight is 405 g/mol. The van der Waals surface area contributed by atoms with E-state index in [1.54, 1.807) is 24.3 Å². The third-order valence-electron chi connectivity index (χ3n) is 4.93. The van der Waals surface area contributed by atoms with E-state index in [1.807, 2.05) is 32.0 Å². The molecule has 3 aromatic carbocycles. The number of carbonyl (C=O) groups is 3. The third kappa shape index (κ3) is 3.30. The Labute approximate surface area is 172 Å². The predicted molar refractivity (Wildman–Crippen MR) is 113 cm³/mol. The maximum Gasteiger partial charge on any atom is 0.266 e. The molecule has 0 aromatic heterocycles. The molecule has 0 saturated carbocycles. The quantitative estimate of drug-likeness (QED) is 0.624. The number of nitrogens with zero attached hydrogens (tertiary/aromatic N) is 1. The number of hydrogen-bond donors (Lipinski definition) is 1. The summed E-state index contributed by atoms with van der Waals surface area (Å²) in [6.07, 6.45) is 0. The van der Waals surface area contributed by atoms with Crippen LogP contribution in [0.3, 0.4) is 0 Å². The van der Waals surface area contributed by atoms with E-state index >= 15 is 0 Å². The van der Waals surface area contributed by atoms with Crippen molar-refractivity contribution >= 4 is 40.7 Å². The van der Waals surface area contributed by atoms with Gasteiger partial charge in [-0.3, -0.25) is 14.4 Å². The minimum absolute atomic E-state index is 0.216. The Balaban J connectivity index is 1.64. The van der Waals surface area contributed by atoms with Gasteiger partial charge in [-0.05, 0) is 61.4 Å². The highest BCUT2D eigenvalue weighted by atomic mass is 35.5. The summed E-state index contributed by atoms with van der Waals surface area (Å²) in [6.45, 7) is 3.71. The SMILES string of the molecule is Cc1ccc(NC(=O)c2ccc3c(c2)C(=O)N(c2ccccc2C)C3=O)cc1Cl. The van der Waals surface area contributed by atoms with Gasteiger partial charge < -0.3 is 5.32 Å². The minimum atomic E-state index is -0.438. The van der Waals surface area contributed by atoms with Crippen LogP contribution >= 0.6 is 11.6 Å². The molecule has 1 aliphatic heterocycles. The molecule has 0 spiro atoms. The summed E-state index contributed by atoms with van der Waals surface area (Å²) in [7, 11) is 0. The molecule has 0 saturated heterocycles. The number of imide groups is 1. The van der Waals surface area contributed by atoms with Crippen LogP contribution in [0.25, 0.3) is 0 Å². The zero-order valence-corrected chi connectivity index (χ0v) is 16.6. The Kier molecular flexibility index (Phi) is 4.68. The van der Waals surface area contributed by atoms with Crippen molar-refractivity contribution in [3.63, 3.8) is 0 Å². The monoisotopic (exact) mass is 404 g/mol. The van der Waals surface area contributed by atoms with Crippen LogP contribution in [0.1, 0.15) is 42.2 Å². The summed E-state index contributed by atoms with van der Waals surface area (Å²) >= 11 is 6.10. The number of fused-ring (bicyclic) bond motifs is 1. The topological polar surface area (TPSA) is 66.5 Å². The van der Waals surface area contributed by atoms with E-state index in [1.165, 1.54) is 18.2 Å². The Morgan fingerprint density at radius 2 is 1.59 bits per heavy atom. The zero-order chi connectivity index (χ0) is 20.7. The van der Waals surface area contributed by atoms with E-state index in [0.717, 1.165) is 16.0 Å².